The first-order chi connectivity index (χ1) is 15.8. The fourth-order valence-corrected chi connectivity index (χ4v) is 6.72. The molecule has 1 aliphatic carbocycles. The molecule has 4 heterocycles. The predicted octanol–water partition coefficient (Wildman–Crippen LogP) is 3.72. The first kappa shape index (κ1) is 20.7. The highest BCUT2D eigenvalue weighted by molar-refractivity contribution is 7.90. The van der Waals surface area contributed by atoms with Gasteiger partial charge in [0.25, 0.3) is 10.0 Å². The third-order valence-electron chi connectivity index (χ3n) is 7.22. The van der Waals surface area contributed by atoms with E-state index in [0.29, 0.717) is 25.4 Å². The number of fused-ring (bicyclic) bond motifs is 5. The first-order valence-corrected chi connectivity index (χ1v) is 13.1. The Labute approximate surface area is 193 Å². The van der Waals surface area contributed by atoms with Crippen LogP contribution in [0.3, 0.4) is 0 Å². The molecule has 6 rings (SSSR count). The van der Waals surface area contributed by atoms with Crippen LogP contribution in [0, 0.1) is 12.8 Å². The van der Waals surface area contributed by atoms with Gasteiger partial charge in [-0.3, -0.25) is 4.79 Å². The van der Waals surface area contributed by atoms with Gasteiger partial charge in [0, 0.05) is 52.5 Å². The summed E-state index contributed by atoms with van der Waals surface area (Å²) in [5.74, 6) is 1.16. The molecule has 1 fully saturated rings. The van der Waals surface area contributed by atoms with Crippen LogP contribution in [0.25, 0.3) is 22.4 Å². The smallest absolute Gasteiger partial charge is 0.256 e. The van der Waals surface area contributed by atoms with E-state index in [9.17, 15) is 13.2 Å². The van der Waals surface area contributed by atoms with E-state index < -0.39 is 10.0 Å². The third kappa shape index (κ3) is 3.10. The zero-order valence-corrected chi connectivity index (χ0v) is 19.9. The molecule has 0 bridgehead atoms. The van der Waals surface area contributed by atoms with Crippen LogP contribution in [0.4, 0.5) is 0 Å². The second kappa shape index (κ2) is 7.06. The minimum Gasteiger partial charge on any atom is -0.492 e. The molecule has 1 aromatic carbocycles. The lowest BCUT2D eigenvalue weighted by molar-refractivity contribution is 0.357. The van der Waals surface area contributed by atoms with E-state index in [1.807, 2.05) is 13.1 Å². The van der Waals surface area contributed by atoms with Crippen molar-refractivity contribution >= 4 is 10.0 Å². The predicted molar refractivity (Wildman–Crippen MR) is 126 cm³/mol. The zero-order valence-electron chi connectivity index (χ0n) is 19.0. The highest BCUT2D eigenvalue weighted by atomic mass is 32.2. The lowest BCUT2D eigenvalue weighted by Crippen LogP contribution is -2.27. The van der Waals surface area contributed by atoms with Gasteiger partial charge >= 0.3 is 0 Å². The van der Waals surface area contributed by atoms with Crippen LogP contribution in [0.2, 0.25) is 0 Å². The summed E-state index contributed by atoms with van der Waals surface area (Å²) in [5.41, 5.74) is 6.73. The molecular formula is C25H27N3O4S. The van der Waals surface area contributed by atoms with Crippen molar-refractivity contribution in [2.75, 3.05) is 6.61 Å². The Kier molecular flexibility index (Phi) is 4.43. The van der Waals surface area contributed by atoms with Gasteiger partial charge in [0.2, 0.25) is 0 Å². The molecule has 33 heavy (non-hydrogen) atoms. The molecule has 0 spiro atoms. The van der Waals surface area contributed by atoms with Crippen molar-refractivity contribution in [3.8, 4) is 28.1 Å². The third-order valence-corrected chi connectivity index (χ3v) is 9.25. The average Bonchev–Trinajstić information content (AvgIpc) is 3.32. The van der Waals surface area contributed by atoms with Gasteiger partial charge < -0.3 is 9.30 Å². The molecule has 8 heteroatoms. The zero-order chi connectivity index (χ0) is 23.1. The number of hydrogen-bond donors (Lipinski definition) is 0. The van der Waals surface area contributed by atoms with Crippen molar-refractivity contribution in [2.45, 2.75) is 57.7 Å². The average molecular weight is 466 g/mol. The number of aromatic nitrogens is 3. The van der Waals surface area contributed by atoms with Crippen LogP contribution < -0.4 is 10.2 Å². The molecule has 2 aliphatic heterocycles. The summed E-state index contributed by atoms with van der Waals surface area (Å²) in [5, 5.41) is 3.87. The van der Waals surface area contributed by atoms with E-state index in [1.54, 1.807) is 18.5 Å². The summed E-state index contributed by atoms with van der Waals surface area (Å²) >= 11 is 0. The minimum absolute atomic E-state index is 0.0416. The van der Waals surface area contributed by atoms with Crippen LogP contribution >= 0.6 is 0 Å². The van der Waals surface area contributed by atoms with Gasteiger partial charge in [0.05, 0.1) is 29.9 Å². The fraction of sp³-hybridized carbons (Fsp3) is 0.440. The Bertz CT molecular complexity index is 1460. The SMILES string of the molecule is Cc1cn2c(cc1=O)-c1c(cc(-c3cnn(S(=O)(=O)C4CC4)c3)c3c1CCO3)CC2C(C)C. The molecule has 3 aromatic rings. The molecule has 3 aliphatic rings. The quantitative estimate of drug-likeness (QED) is 0.587. The second-order valence-corrected chi connectivity index (χ2v) is 11.9. The molecule has 1 atom stereocenters. The van der Waals surface area contributed by atoms with E-state index in [2.05, 4.69) is 29.6 Å². The molecule has 0 radical (unpaired) electrons. The van der Waals surface area contributed by atoms with Gasteiger partial charge in [0.15, 0.2) is 5.43 Å². The van der Waals surface area contributed by atoms with Crippen LogP contribution in [0.15, 0.2) is 35.5 Å². The maximum atomic E-state index is 12.7. The highest BCUT2D eigenvalue weighted by Gasteiger charge is 2.38. The van der Waals surface area contributed by atoms with Crippen LogP contribution in [0.5, 0.6) is 5.75 Å². The van der Waals surface area contributed by atoms with E-state index in [4.69, 9.17) is 4.74 Å². The summed E-state index contributed by atoms with van der Waals surface area (Å²) < 4.78 is 34.8. The van der Waals surface area contributed by atoms with Crippen molar-refractivity contribution in [3.05, 3.63) is 57.6 Å². The summed E-state index contributed by atoms with van der Waals surface area (Å²) in [6.45, 7) is 6.84. The van der Waals surface area contributed by atoms with E-state index in [1.165, 1.54) is 5.56 Å². The van der Waals surface area contributed by atoms with Gasteiger partial charge in [-0.25, -0.2) is 8.42 Å². The van der Waals surface area contributed by atoms with Crippen molar-refractivity contribution in [1.29, 1.82) is 0 Å². The summed E-state index contributed by atoms with van der Waals surface area (Å²) in [7, 11) is -3.43. The number of benzene rings is 1. The Balaban J connectivity index is 1.55. The number of nitrogens with zero attached hydrogens (tertiary/aromatic N) is 3. The molecule has 0 N–H and O–H groups in total. The van der Waals surface area contributed by atoms with E-state index in [0.717, 1.165) is 56.2 Å². The van der Waals surface area contributed by atoms with Gasteiger partial charge in [-0.2, -0.15) is 9.19 Å². The molecule has 7 nitrogen and oxygen atoms in total. The molecule has 172 valence electrons. The lowest BCUT2D eigenvalue weighted by atomic mass is 9.82. The lowest BCUT2D eigenvalue weighted by Gasteiger charge is -2.34. The summed E-state index contributed by atoms with van der Waals surface area (Å²) in [6.07, 6.45) is 8.23. The number of aryl methyl sites for hydroxylation is 1. The minimum atomic E-state index is -3.43. The van der Waals surface area contributed by atoms with Crippen molar-refractivity contribution in [1.82, 2.24) is 13.8 Å². The summed E-state index contributed by atoms with van der Waals surface area (Å²) in [4.78, 5) is 12.6. The molecule has 2 aromatic heterocycles. The van der Waals surface area contributed by atoms with Crippen LogP contribution in [-0.4, -0.2) is 34.0 Å². The largest absolute Gasteiger partial charge is 0.492 e. The molecular weight excluding hydrogens is 438 g/mol. The van der Waals surface area contributed by atoms with Crippen LogP contribution in [-0.2, 0) is 22.9 Å². The monoisotopic (exact) mass is 465 g/mol. The Morgan fingerprint density at radius 3 is 2.70 bits per heavy atom. The van der Waals surface area contributed by atoms with Gasteiger partial charge in [0.1, 0.15) is 5.75 Å². The van der Waals surface area contributed by atoms with Crippen molar-refractivity contribution < 1.29 is 13.2 Å². The van der Waals surface area contributed by atoms with Gasteiger partial charge in [-0.05, 0) is 43.7 Å². The maximum absolute atomic E-state index is 12.7. The van der Waals surface area contributed by atoms with E-state index in [-0.39, 0.29) is 16.7 Å². The molecule has 0 amide bonds. The maximum Gasteiger partial charge on any atom is 0.256 e. The highest BCUT2D eigenvalue weighted by Crippen LogP contribution is 2.48. The summed E-state index contributed by atoms with van der Waals surface area (Å²) in [6, 6.07) is 4.12. The second-order valence-electron chi connectivity index (χ2n) is 9.84. The number of rotatable bonds is 4. The Morgan fingerprint density at radius 2 is 1.97 bits per heavy atom. The Morgan fingerprint density at radius 1 is 1.18 bits per heavy atom. The normalized spacial score (nSPS) is 19.2. The van der Waals surface area contributed by atoms with E-state index >= 15 is 0 Å². The molecule has 1 unspecified atom stereocenters. The Hall–Kier alpha value is -2.87. The number of ether oxygens (including phenoxy) is 1. The van der Waals surface area contributed by atoms with Crippen molar-refractivity contribution in [2.24, 2.45) is 5.92 Å². The molecule has 0 saturated heterocycles. The van der Waals surface area contributed by atoms with Crippen molar-refractivity contribution in [3.63, 3.8) is 0 Å². The standard InChI is InChI=1S/C25H27N3O4S/c1-14(2)21-9-16-8-20(17-11-26-28(13-17)33(30,31)18-4-5-18)25-19(6-7-32-25)24(16)22-10-23(29)15(3)12-27(21)22/h8,10-14,18,21H,4-7,9H2,1-3H3. The van der Waals surface area contributed by atoms with Crippen LogP contribution in [0.1, 0.15) is 49.4 Å². The topological polar surface area (TPSA) is 83.2 Å². The van der Waals surface area contributed by atoms with Gasteiger partial charge in [-0.15, -0.1) is 0 Å². The van der Waals surface area contributed by atoms with Gasteiger partial charge in [-0.1, -0.05) is 13.8 Å². The number of pyridine rings is 1. The first-order valence-electron chi connectivity index (χ1n) is 11.6. The molecule has 1 saturated carbocycles. The number of hydrogen-bond acceptors (Lipinski definition) is 5. The fourth-order valence-electron chi connectivity index (χ4n) is 5.25.